The lowest BCUT2D eigenvalue weighted by atomic mass is 10.1. The van der Waals surface area contributed by atoms with E-state index in [1.54, 1.807) is 0 Å². The summed E-state index contributed by atoms with van der Waals surface area (Å²) in [5, 5.41) is 7.35. The van der Waals surface area contributed by atoms with Crippen molar-refractivity contribution in [1.82, 2.24) is 10.5 Å². The van der Waals surface area contributed by atoms with Crippen molar-refractivity contribution in [3.63, 3.8) is 0 Å². The molecule has 20 heavy (non-hydrogen) atoms. The first kappa shape index (κ1) is 13.8. The van der Waals surface area contributed by atoms with Crippen LogP contribution in [-0.4, -0.2) is 17.9 Å². The Kier molecular flexibility index (Phi) is 4.50. The summed E-state index contributed by atoms with van der Waals surface area (Å²) in [6, 6.07) is 10.2. The van der Waals surface area contributed by atoms with Gasteiger partial charge in [0.05, 0.1) is 6.61 Å². The first-order valence-electron chi connectivity index (χ1n) is 6.83. The zero-order valence-corrected chi connectivity index (χ0v) is 12.7. The number of ether oxygens (including phenoxy) is 1. The molecule has 1 aliphatic rings. The second-order valence-corrected chi connectivity index (χ2v) is 5.90. The molecule has 0 spiro atoms. The number of benzene rings is 1. The van der Waals surface area contributed by atoms with Gasteiger partial charge in [-0.2, -0.15) is 0 Å². The van der Waals surface area contributed by atoms with Crippen LogP contribution in [0.2, 0.25) is 0 Å². The normalized spacial score (nSPS) is 18.6. The Labute approximate surface area is 126 Å². The van der Waals surface area contributed by atoms with Gasteiger partial charge in [-0.25, -0.2) is 0 Å². The number of aromatic nitrogens is 1. The average Bonchev–Trinajstić information content (AvgIpc) is 3.10. The van der Waals surface area contributed by atoms with Gasteiger partial charge in [-0.05, 0) is 37.1 Å². The Bertz CT molecular complexity index is 547. The first-order valence-corrected chi connectivity index (χ1v) is 7.63. The van der Waals surface area contributed by atoms with E-state index in [4.69, 9.17) is 9.26 Å². The molecule has 1 atom stereocenters. The number of nitrogens with one attached hydrogen (secondary N) is 1. The van der Waals surface area contributed by atoms with Gasteiger partial charge in [-0.3, -0.25) is 5.32 Å². The number of hydrogen-bond acceptors (Lipinski definition) is 4. The molecule has 2 aromatic rings. The third-order valence-electron chi connectivity index (χ3n) is 3.35. The number of halogens is 1. The zero-order chi connectivity index (χ0) is 13.8. The van der Waals surface area contributed by atoms with Gasteiger partial charge in [-0.1, -0.05) is 33.2 Å². The quantitative estimate of drug-likeness (QED) is 0.910. The SMILES string of the molecule is Brc1ccc(Cc2cc(CO[C@H]3CCCN3)no2)cc1. The topological polar surface area (TPSA) is 47.3 Å². The molecule has 1 saturated heterocycles. The van der Waals surface area contributed by atoms with Gasteiger partial charge >= 0.3 is 0 Å². The lowest BCUT2D eigenvalue weighted by molar-refractivity contribution is 0.0281. The van der Waals surface area contributed by atoms with Gasteiger partial charge in [0, 0.05) is 17.0 Å². The minimum absolute atomic E-state index is 0.168. The van der Waals surface area contributed by atoms with E-state index in [2.05, 4.69) is 38.5 Å². The highest BCUT2D eigenvalue weighted by Gasteiger charge is 2.15. The second kappa shape index (κ2) is 6.52. The molecule has 1 fully saturated rings. The Balaban J connectivity index is 1.54. The molecule has 0 bridgehead atoms. The zero-order valence-electron chi connectivity index (χ0n) is 11.1. The Morgan fingerprint density at radius 2 is 2.20 bits per heavy atom. The van der Waals surface area contributed by atoms with Crippen LogP contribution in [0.25, 0.3) is 0 Å². The lowest BCUT2D eigenvalue weighted by Crippen LogP contribution is -2.24. The summed E-state index contributed by atoms with van der Waals surface area (Å²) in [7, 11) is 0. The van der Waals surface area contributed by atoms with Crippen LogP contribution in [0.3, 0.4) is 0 Å². The van der Waals surface area contributed by atoms with E-state index < -0.39 is 0 Å². The third kappa shape index (κ3) is 3.69. The van der Waals surface area contributed by atoms with E-state index in [0.717, 1.165) is 35.3 Å². The fraction of sp³-hybridized carbons (Fsp3) is 0.400. The predicted molar refractivity (Wildman–Crippen MR) is 79.3 cm³/mol. The van der Waals surface area contributed by atoms with Crippen molar-refractivity contribution in [3.05, 3.63) is 51.8 Å². The maximum absolute atomic E-state index is 5.73. The summed E-state index contributed by atoms with van der Waals surface area (Å²) in [6.07, 6.45) is 3.17. The van der Waals surface area contributed by atoms with Crippen molar-refractivity contribution in [2.24, 2.45) is 0 Å². The first-order chi connectivity index (χ1) is 9.79. The van der Waals surface area contributed by atoms with Gasteiger partial charge in [0.2, 0.25) is 0 Å². The summed E-state index contributed by atoms with van der Waals surface area (Å²) >= 11 is 3.43. The van der Waals surface area contributed by atoms with Crippen LogP contribution < -0.4 is 5.32 Å². The molecule has 4 nitrogen and oxygen atoms in total. The standard InChI is InChI=1S/C15H17BrN2O2/c16-12-5-3-11(4-6-12)8-14-9-13(18-20-14)10-19-15-2-1-7-17-15/h3-6,9,15,17H,1-2,7-8,10H2/t15-/m0/s1. The van der Waals surface area contributed by atoms with Crippen LogP contribution in [0.4, 0.5) is 0 Å². The smallest absolute Gasteiger partial charge is 0.141 e. The molecule has 0 unspecified atom stereocenters. The Morgan fingerprint density at radius 3 is 2.95 bits per heavy atom. The van der Waals surface area contributed by atoms with E-state index in [1.807, 2.05) is 18.2 Å². The van der Waals surface area contributed by atoms with E-state index in [9.17, 15) is 0 Å². The molecule has 5 heteroatoms. The maximum atomic E-state index is 5.73. The Hall–Kier alpha value is -1.17. The number of rotatable bonds is 5. The van der Waals surface area contributed by atoms with Crippen molar-refractivity contribution < 1.29 is 9.26 Å². The molecule has 3 rings (SSSR count). The molecule has 0 aliphatic carbocycles. The van der Waals surface area contributed by atoms with E-state index in [-0.39, 0.29) is 6.23 Å². The lowest BCUT2D eigenvalue weighted by Gasteiger charge is -2.09. The van der Waals surface area contributed by atoms with Crippen LogP contribution >= 0.6 is 15.9 Å². The summed E-state index contributed by atoms with van der Waals surface area (Å²) in [4.78, 5) is 0. The minimum Gasteiger partial charge on any atom is -0.361 e. The molecule has 1 aliphatic heterocycles. The van der Waals surface area contributed by atoms with Gasteiger partial charge in [0.15, 0.2) is 0 Å². The molecule has 1 aromatic heterocycles. The minimum atomic E-state index is 0.168. The second-order valence-electron chi connectivity index (χ2n) is 4.98. The fourth-order valence-electron chi connectivity index (χ4n) is 2.29. The number of nitrogens with zero attached hydrogens (tertiary/aromatic N) is 1. The van der Waals surface area contributed by atoms with Crippen molar-refractivity contribution in [3.8, 4) is 0 Å². The highest BCUT2D eigenvalue weighted by atomic mass is 79.9. The fourth-order valence-corrected chi connectivity index (χ4v) is 2.56. The molecular formula is C15H17BrN2O2. The highest BCUT2D eigenvalue weighted by Crippen LogP contribution is 2.16. The van der Waals surface area contributed by atoms with Gasteiger partial charge < -0.3 is 9.26 Å². The van der Waals surface area contributed by atoms with Crippen molar-refractivity contribution in [2.75, 3.05) is 6.54 Å². The maximum Gasteiger partial charge on any atom is 0.141 e. The largest absolute Gasteiger partial charge is 0.361 e. The van der Waals surface area contributed by atoms with Crippen LogP contribution in [0.1, 0.15) is 29.9 Å². The van der Waals surface area contributed by atoms with Gasteiger partial charge in [-0.15, -0.1) is 0 Å². The van der Waals surface area contributed by atoms with E-state index >= 15 is 0 Å². The average molecular weight is 337 g/mol. The molecule has 0 radical (unpaired) electrons. The van der Waals surface area contributed by atoms with Gasteiger partial charge in [0.25, 0.3) is 0 Å². The molecule has 0 saturated carbocycles. The summed E-state index contributed by atoms with van der Waals surface area (Å²) in [5.74, 6) is 0.866. The molecule has 1 N–H and O–H groups in total. The van der Waals surface area contributed by atoms with Crippen molar-refractivity contribution in [2.45, 2.75) is 32.1 Å². The van der Waals surface area contributed by atoms with Crippen LogP contribution in [0, 0.1) is 0 Å². The van der Waals surface area contributed by atoms with Crippen LogP contribution in [-0.2, 0) is 17.8 Å². The highest BCUT2D eigenvalue weighted by molar-refractivity contribution is 9.10. The van der Waals surface area contributed by atoms with Crippen LogP contribution in [0.5, 0.6) is 0 Å². The number of hydrogen-bond donors (Lipinski definition) is 1. The van der Waals surface area contributed by atoms with Crippen molar-refractivity contribution in [1.29, 1.82) is 0 Å². The summed E-state index contributed by atoms with van der Waals surface area (Å²) < 4.78 is 12.2. The molecule has 1 aromatic carbocycles. The van der Waals surface area contributed by atoms with E-state index in [0.29, 0.717) is 6.61 Å². The third-order valence-corrected chi connectivity index (χ3v) is 3.88. The summed E-state index contributed by atoms with van der Waals surface area (Å²) in [5.41, 5.74) is 2.06. The molecular weight excluding hydrogens is 320 g/mol. The van der Waals surface area contributed by atoms with Crippen molar-refractivity contribution >= 4 is 15.9 Å². The van der Waals surface area contributed by atoms with Crippen LogP contribution in [0.15, 0.2) is 39.3 Å². The summed E-state index contributed by atoms with van der Waals surface area (Å²) in [6.45, 7) is 1.54. The molecule has 0 amide bonds. The predicted octanol–water partition coefficient (Wildman–Crippen LogP) is 3.25. The molecule has 2 heterocycles. The van der Waals surface area contributed by atoms with E-state index in [1.165, 1.54) is 12.0 Å². The van der Waals surface area contributed by atoms with Gasteiger partial charge in [0.1, 0.15) is 17.7 Å². The monoisotopic (exact) mass is 336 g/mol. The Morgan fingerprint density at radius 1 is 1.35 bits per heavy atom. The molecule has 106 valence electrons.